The van der Waals surface area contributed by atoms with Gasteiger partial charge in [-0.15, -0.1) is 0 Å². The molecule has 2 atom stereocenters. The highest BCUT2D eigenvalue weighted by Crippen LogP contribution is 2.21. The Balaban J connectivity index is 1.54. The lowest BCUT2D eigenvalue weighted by Crippen LogP contribution is -2.48. The van der Waals surface area contributed by atoms with Gasteiger partial charge in [-0.2, -0.15) is 0 Å². The number of esters is 1. The van der Waals surface area contributed by atoms with Crippen LogP contribution in [-0.4, -0.2) is 66.7 Å². The van der Waals surface area contributed by atoms with Crippen LogP contribution in [0.3, 0.4) is 0 Å². The average Bonchev–Trinajstić information content (AvgIpc) is 2.67. The van der Waals surface area contributed by atoms with Crippen molar-refractivity contribution < 1.29 is 19.1 Å². The van der Waals surface area contributed by atoms with E-state index in [1.54, 1.807) is 11.8 Å². The zero-order valence-electron chi connectivity index (χ0n) is 14.9. The normalized spacial score (nSPS) is 20.5. The first kappa shape index (κ1) is 17.9. The van der Waals surface area contributed by atoms with Crippen LogP contribution in [0.25, 0.3) is 0 Å². The molecule has 1 amide bonds. The third-order valence-corrected chi connectivity index (χ3v) is 5.01. The van der Waals surface area contributed by atoms with E-state index in [4.69, 9.17) is 9.47 Å². The van der Waals surface area contributed by atoms with Gasteiger partial charge in [-0.05, 0) is 31.4 Å². The lowest BCUT2D eigenvalue weighted by molar-refractivity contribution is -0.164. The van der Waals surface area contributed by atoms with Crippen LogP contribution in [-0.2, 0) is 32.0 Å². The topological polar surface area (TPSA) is 59.1 Å². The number of carbonyl (C=O) groups is 2. The molecule has 6 nitrogen and oxygen atoms in total. The van der Waals surface area contributed by atoms with Gasteiger partial charge in [-0.3, -0.25) is 14.5 Å². The molecule has 0 radical (unpaired) electrons. The van der Waals surface area contributed by atoms with Gasteiger partial charge < -0.3 is 14.4 Å². The van der Waals surface area contributed by atoms with Gasteiger partial charge in [0.25, 0.3) is 5.91 Å². The maximum Gasteiger partial charge on any atom is 0.323 e. The maximum absolute atomic E-state index is 12.5. The van der Waals surface area contributed by atoms with Crippen molar-refractivity contribution in [3.63, 3.8) is 0 Å². The van der Waals surface area contributed by atoms with Crippen LogP contribution >= 0.6 is 0 Å². The van der Waals surface area contributed by atoms with E-state index in [0.29, 0.717) is 26.3 Å². The molecule has 25 heavy (non-hydrogen) atoms. The van der Waals surface area contributed by atoms with Crippen molar-refractivity contribution >= 4 is 11.9 Å². The zero-order chi connectivity index (χ0) is 17.8. The molecule has 0 spiro atoms. The third kappa shape index (κ3) is 4.19. The van der Waals surface area contributed by atoms with Crippen LogP contribution in [0.2, 0.25) is 0 Å². The molecule has 2 aliphatic rings. The van der Waals surface area contributed by atoms with Crippen LogP contribution in [0.4, 0.5) is 0 Å². The molecule has 1 fully saturated rings. The van der Waals surface area contributed by atoms with Crippen LogP contribution in [0.1, 0.15) is 25.0 Å². The Hall–Kier alpha value is -1.92. The second-order valence-electron chi connectivity index (χ2n) is 6.68. The standard InChI is InChI=1S/C19H26N2O4/c1-14(21-8-7-16-5-3-4-6-17(16)13-21)19(23)25-15(2)18(22)20-9-11-24-12-10-20/h3-6,14-15H,7-13H2,1-2H3/t14-,15+/m1/s1. The Kier molecular flexibility index (Phi) is 5.71. The minimum absolute atomic E-state index is 0.146. The lowest BCUT2D eigenvalue weighted by Gasteiger charge is -2.33. The van der Waals surface area contributed by atoms with Gasteiger partial charge in [0.1, 0.15) is 6.04 Å². The van der Waals surface area contributed by atoms with Gasteiger partial charge >= 0.3 is 5.97 Å². The minimum Gasteiger partial charge on any atom is -0.451 e. The molecule has 1 aromatic rings. The molecule has 2 aliphatic heterocycles. The van der Waals surface area contributed by atoms with Gasteiger partial charge in [0.15, 0.2) is 6.10 Å². The Morgan fingerprint density at radius 3 is 2.48 bits per heavy atom. The molecule has 0 bridgehead atoms. The van der Waals surface area contributed by atoms with E-state index in [0.717, 1.165) is 19.5 Å². The van der Waals surface area contributed by atoms with Crippen molar-refractivity contribution in [1.82, 2.24) is 9.80 Å². The molecule has 1 saturated heterocycles. The summed E-state index contributed by atoms with van der Waals surface area (Å²) in [4.78, 5) is 28.7. The van der Waals surface area contributed by atoms with Gasteiger partial charge in [-0.1, -0.05) is 24.3 Å². The van der Waals surface area contributed by atoms with E-state index in [-0.39, 0.29) is 17.9 Å². The summed E-state index contributed by atoms with van der Waals surface area (Å²) in [5.74, 6) is -0.485. The molecular formula is C19H26N2O4. The second kappa shape index (κ2) is 7.97. The number of carbonyl (C=O) groups excluding carboxylic acids is 2. The number of benzene rings is 1. The average molecular weight is 346 g/mol. The fourth-order valence-electron chi connectivity index (χ4n) is 3.36. The van der Waals surface area contributed by atoms with Crippen LogP contribution in [0.15, 0.2) is 24.3 Å². The number of rotatable bonds is 4. The van der Waals surface area contributed by atoms with Crippen molar-refractivity contribution in [2.24, 2.45) is 0 Å². The predicted molar refractivity (Wildman–Crippen MR) is 93.0 cm³/mol. The largest absolute Gasteiger partial charge is 0.451 e. The smallest absolute Gasteiger partial charge is 0.323 e. The fraction of sp³-hybridized carbons (Fsp3) is 0.579. The van der Waals surface area contributed by atoms with E-state index in [1.165, 1.54) is 11.1 Å². The first-order valence-corrected chi connectivity index (χ1v) is 8.94. The van der Waals surface area contributed by atoms with Crippen molar-refractivity contribution in [2.45, 2.75) is 39.0 Å². The zero-order valence-corrected chi connectivity index (χ0v) is 14.9. The van der Waals surface area contributed by atoms with Crippen molar-refractivity contribution in [2.75, 3.05) is 32.8 Å². The molecule has 0 aliphatic carbocycles. The van der Waals surface area contributed by atoms with Crippen molar-refractivity contribution in [1.29, 1.82) is 0 Å². The summed E-state index contributed by atoms with van der Waals surface area (Å²) in [5.41, 5.74) is 2.60. The summed E-state index contributed by atoms with van der Waals surface area (Å²) in [6.07, 6.45) is 0.168. The second-order valence-corrected chi connectivity index (χ2v) is 6.68. The number of morpholine rings is 1. The van der Waals surface area contributed by atoms with Crippen molar-refractivity contribution in [3.05, 3.63) is 35.4 Å². The number of hydrogen-bond acceptors (Lipinski definition) is 5. The van der Waals surface area contributed by atoms with E-state index in [9.17, 15) is 9.59 Å². The third-order valence-electron chi connectivity index (χ3n) is 5.01. The Morgan fingerprint density at radius 1 is 1.08 bits per heavy atom. The number of hydrogen-bond donors (Lipinski definition) is 0. The minimum atomic E-state index is -0.759. The molecule has 0 unspecified atom stereocenters. The molecule has 2 heterocycles. The highest BCUT2D eigenvalue weighted by molar-refractivity contribution is 5.84. The quantitative estimate of drug-likeness (QED) is 0.768. The number of fused-ring (bicyclic) bond motifs is 1. The summed E-state index contributed by atoms with van der Waals surface area (Å²) < 4.78 is 10.7. The van der Waals surface area contributed by atoms with Gasteiger partial charge in [-0.25, -0.2) is 0 Å². The molecule has 6 heteroatoms. The summed E-state index contributed by atoms with van der Waals surface area (Å²) in [7, 11) is 0. The monoisotopic (exact) mass is 346 g/mol. The number of amides is 1. The highest BCUT2D eigenvalue weighted by atomic mass is 16.5. The molecule has 0 saturated carbocycles. The Labute approximate surface area is 148 Å². The van der Waals surface area contributed by atoms with E-state index in [2.05, 4.69) is 17.0 Å². The molecule has 0 N–H and O–H groups in total. The molecule has 3 rings (SSSR count). The molecule has 0 aromatic heterocycles. The first-order valence-electron chi connectivity index (χ1n) is 8.94. The van der Waals surface area contributed by atoms with Crippen LogP contribution < -0.4 is 0 Å². The number of ether oxygens (including phenoxy) is 2. The summed E-state index contributed by atoms with van der Waals surface area (Å²) in [5, 5.41) is 0. The van der Waals surface area contributed by atoms with Gasteiger partial charge in [0.05, 0.1) is 13.2 Å². The highest BCUT2D eigenvalue weighted by Gasteiger charge is 2.30. The van der Waals surface area contributed by atoms with Crippen LogP contribution in [0, 0.1) is 0 Å². The van der Waals surface area contributed by atoms with E-state index >= 15 is 0 Å². The predicted octanol–water partition coefficient (Wildman–Crippen LogP) is 1.22. The Morgan fingerprint density at radius 2 is 1.76 bits per heavy atom. The fourth-order valence-corrected chi connectivity index (χ4v) is 3.36. The first-order chi connectivity index (χ1) is 12.1. The van der Waals surface area contributed by atoms with Gasteiger partial charge in [0.2, 0.25) is 0 Å². The summed E-state index contributed by atoms with van der Waals surface area (Å²) in [6.45, 7) is 7.23. The van der Waals surface area contributed by atoms with Crippen LogP contribution in [0.5, 0.6) is 0 Å². The molecule has 136 valence electrons. The Bertz CT molecular complexity index is 628. The maximum atomic E-state index is 12.5. The SMILES string of the molecule is C[C@H](OC(=O)[C@@H](C)N1CCc2ccccc2C1)C(=O)N1CCOCC1. The van der Waals surface area contributed by atoms with Gasteiger partial charge in [0, 0.05) is 26.2 Å². The summed E-state index contributed by atoms with van der Waals surface area (Å²) >= 11 is 0. The lowest BCUT2D eigenvalue weighted by atomic mass is 9.99. The summed E-state index contributed by atoms with van der Waals surface area (Å²) in [6, 6.07) is 7.94. The van der Waals surface area contributed by atoms with E-state index in [1.807, 2.05) is 19.1 Å². The van der Waals surface area contributed by atoms with Crippen molar-refractivity contribution in [3.8, 4) is 0 Å². The number of nitrogens with zero attached hydrogens (tertiary/aromatic N) is 2. The van der Waals surface area contributed by atoms with E-state index < -0.39 is 6.10 Å². The molecule has 1 aromatic carbocycles. The molecular weight excluding hydrogens is 320 g/mol.